The van der Waals surface area contributed by atoms with Crippen molar-refractivity contribution in [2.24, 2.45) is 0 Å². The molecule has 0 aliphatic rings. The van der Waals surface area contributed by atoms with E-state index in [1.807, 2.05) is 24.3 Å². The molecular formula is C9H10ClNOS. The van der Waals surface area contributed by atoms with Gasteiger partial charge in [-0.15, -0.1) is 0 Å². The van der Waals surface area contributed by atoms with Crippen LogP contribution in [0.2, 0.25) is 0 Å². The molecule has 0 unspecified atom stereocenters. The monoisotopic (exact) mass is 215 g/mol. The molecule has 1 aromatic rings. The van der Waals surface area contributed by atoms with Gasteiger partial charge in [-0.2, -0.15) is 0 Å². The van der Waals surface area contributed by atoms with Crippen molar-refractivity contribution in [2.45, 2.75) is 0 Å². The van der Waals surface area contributed by atoms with Crippen LogP contribution in [0.5, 0.6) is 5.75 Å². The molecule has 0 fully saturated rings. The Labute approximate surface area is 88.1 Å². The Kier molecular flexibility index (Phi) is 3.51. The van der Waals surface area contributed by atoms with Gasteiger partial charge in [-0.3, -0.25) is 0 Å². The van der Waals surface area contributed by atoms with Gasteiger partial charge in [0.1, 0.15) is 5.75 Å². The molecule has 0 saturated carbocycles. The summed E-state index contributed by atoms with van der Waals surface area (Å²) in [5, 5.41) is 0. The van der Waals surface area contributed by atoms with Crippen molar-refractivity contribution >= 4 is 34.0 Å². The maximum atomic E-state index is 5.69. The third-order valence-electron chi connectivity index (χ3n) is 1.71. The highest BCUT2D eigenvalue weighted by Crippen LogP contribution is 2.27. The average molecular weight is 216 g/mol. The number of rotatable bonds is 2. The average Bonchev–Trinajstić information content (AvgIpc) is 2.16. The van der Waals surface area contributed by atoms with Crippen molar-refractivity contribution in [1.29, 1.82) is 0 Å². The molecule has 4 heteroatoms. The molecule has 0 aromatic heterocycles. The van der Waals surface area contributed by atoms with Gasteiger partial charge in [0.15, 0.2) is 4.45 Å². The first-order valence-corrected chi connectivity index (χ1v) is 4.51. The molecule has 0 bridgehead atoms. The lowest BCUT2D eigenvalue weighted by atomic mass is 10.3. The van der Waals surface area contributed by atoms with E-state index in [9.17, 15) is 0 Å². The van der Waals surface area contributed by atoms with Gasteiger partial charge >= 0.3 is 0 Å². The molecule has 0 aliphatic heterocycles. The number of thiocarbonyl (C=S) groups is 1. The smallest absolute Gasteiger partial charge is 0.174 e. The Morgan fingerprint density at radius 3 is 2.62 bits per heavy atom. The van der Waals surface area contributed by atoms with E-state index in [4.69, 9.17) is 28.6 Å². The third kappa shape index (κ3) is 2.32. The molecule has 0 heterocycles. The highest BCUT2D eigenvalue weighted by atomic mass is 35.5. The largest absolute Gasteiger partial charge is 0.495 e. The van der Waals surface area contributed by atoms with Crippen molar-refractivity contribution < 1.29 is 4.74 Å². The van der Waals surface area contributed by atoms with Crippen LogP contribution in [-0.4, -0.2) is 18.6 Å². The minimum atomic E-state index is 0.296. The molecule has 0 spiro atoms. The fourth-order valence-corrected chi connectivity index (χ4v) is 1.19. The molecule has 1 rings (SSSR count). The van der Waals surface area contributed by atoms with Gasteiger partial charge in [-0.05, 0) is 24.4 Å². The lowest BCUT2D eigenvalue weighted by molar-refractivity contribution is 0.416. The van der Waals surface area contributed by atoms with Crippen LogP contribution in [0.4, 0.5) is 5.69 Å². The predicted molar refractivity (Wildman–Crippen MR) is 59.8 cm³/mol. The summed E-state index contributed by atoms with van der Waals surface area (Å²) in [6, 6.07) is 7.56. The van der Waals surface area contributed by atoms with E-state index in [-0.39, 0.29) is 0 Å². The number of benzene rings is 1. The van der Waals surface area contributed by atoms with Gasteiger partial charge < -0.3 is 9.64 Å². The fraction of sp³-hybridized carbons (Fsp3) is 0.222. The lowest BCUT2D eigenvalue weighted by Crippen LogP contribution is -2.19. The molecular weight excluding hydrogens is 206 g/mol. The molecule has 0 amide bonds. The Morgan fingerprint density at radius 1 is 1.46 bits per heavy atom. The van der Waals surface area contributed by atoms with Crippen LogP contribution >= 0.6 is 23.8 Å². The normalized spacial score (nSPS) is 9.46. The van der Waals surface area contributed by atoms with Gasteiger partial charge in [0.05, 0.1) is 12.8 Å². The summed E-state index contributed by atoms with van der Waals surface area (Å²) in [5.74, 6) is 0.757. The van der Waals surface area contributed by atoms with Crippen LogP contribution in [0.3, 0.4) is 0 Å². The van der Waals surface area contributed by atoms with Gasteiger partial charge in [0, 0.05) is 7.05 Å². The molecule has 0 saturated heterocycles. The van der Waals surface area contributed by atoms with Crippen LogP contribution < -0.4 is 9.64 Å². The first-order chi connectivity index (χ1) is 6.16. The van der Waals surface area contributed by atoms with Crippen LogP contribution in [0, 0.1) is 0 Å². The zero-order valence-electron chi connectivity index (χ0n) is 7.45. The number of methoxy groups -OCH3 is 1. The number of halogens is 1. The number of hydrogen-bond acceptors (Lipinski definition) is 2. The molecule has 2 nitrogen and oxygen atoms in total. The van der Waals surface area contributed by atoms with Gasteiger partial charge in [-0.1, -0.05) is 23.7 Å². The quantitative estimate of drug-likeness (QED) is 0.428. The Bertz CT molecular complexity index is 316. The summed E-state index contributed by atoms with van der Waals surface area (Å²) in [6.07, 6.45) is 0. The second kappa shape index (κ2) is 4.44. The second-order valence-electron chi connectivity index (χ2n) is 2.48. The number of anilines is 1. The second-order valence-corrected chi connectivity index (χ2v) is 3.45. The topological polar surface area (TPSA) is 12.5 Å². The predicted octanol–water partition coefficient (Wildman–Crippen LogP) is 2.66. The molecule has 0 aliphatic carbocycles. The van der Waals surface area contributed by atoms with E-state index in [0.717, 1.165) is 11.4 Å². The molecule has 1 aromatic carbocycles. The zero-order valence-corrected chi connectivity index (χ0v) is 9.02. The van der Waals surface area contributed by atoms with Crippen LogP contribution in [0.1, 0.15) is 0 Å². The first-order valence-electron chi connectivity index (χ1n) is 3.73. The van der Waals surface area contributed by atoms with E-state index < -0.39 is 0 Å². The highest BCUT2D eigenvalue weighted by molar-refractivity contribution is 7.83. The van der Waals surface area contributed by atoms with Crippen LogP contribution in [0.15, 0.2) is 24.3 Å². The maximum absolute atomic E-state index is 5.69. The van der Waals surface area contributed by atoms with E-state index >= 15 is 0 Å². The van der Waals surface area contributed by atoms with E-state index in [1.165, 1.54) is 0 Å². The summed E-state index contributed by atoms with van der Waals surface area (Å²) in [5.41, 5.74) is 0.866. The van der Waals surface area contributed by atoms with Crippen LogP contribution in [0.25, 0.3) is 0 Å². The zero-order chi connectivity index (χ0) is 9.84. The van der Waals surface area contributed by atoms with Crippen molar-refractivity contribution in [2.75, 3.05) is 19.1 Å². The van der Waals surface area contributed by atoms with Crippen molar-refractivity contribution in [3.63, 3.8) is 0 Å². The summed E-state index contributed by atoms with van der Waals surface area (Å²) in [7, 11) is 3.41. The van der Waals surface area contributed by atoms with Gasteiger partial charge in [0.2, 0.25) is 0 Å². The maximum Gasteiger partial charge on any atom is 0.174 e. The molecule has 70 valence electrons. The van der Waals surface area contributed by atoms with E-state index in [1.54, 1.807) is 19.1 Å². The molecule has 0 atom stereocenters. The summed E-state index contributed by atoms with van der Waals surface area (Å²) < 4.78 is 5.45. The SMILES string of the molecule is COc1ccccc1N(C)C(=S)Cl. The summed E-state index contributed by atoms with van der Waals surface area (Å²) in [6.45, 7) is 0. The van der Waals surface area contributed by atoms with Crippen molar-refractivity contribution in [3.8, 4) is 5.75 Å². The fourth-order valence-electron chi connectivity index (χ4n) is 1.00. The lowest BCUT2D eigenvalue weighted by Gasteiger charge is -2.18. The number of hydrogen-bond donors (Lipinski definition) is 0. The Hall–Kier alpha value is -0.800. The first kappa shape index (κ1) is 10.3. The van der Waals surface area contributed by atoms with Crippen LogP contribution in [-0.2, 0) is 0 Å². The minimum Gasteiger partial charge on any atom is -0.495 e. The summed E-state index contributed by atoms with van der Waals surface area (Å²) in [4.78, 5) is 1.69. The highest BCUT2D eigenvalue weighted by Gasteiger charge is 2.08. The number of nitrogens with zero attached hydrogens (tertiary/aromatic N) is 1. The molecule has 0 radical (unpaired) electrons. The molecule has 13 heavy (non-hydrogen) atoms. The van der Waals surface area contributed by atoms with Gasteiger partial charge in [-0.25, -0.2) is 0 Å². The standard InChI is InChI=1S/C9H10ClNOS/c1-11(9(10)13)7-5-3-4-6-8(7)12-2/h3-6H,1-2H3. The number of ether oxygens (including phenoxy) is 1. The van der Waals surface area contributed by atoms with Crippen molar-refractivity contribution in [1.82, 2.24) is 0 Å². The van der Waals surface area contributed by atoms with Gasteiger partial charge in [0.25, 0.3) is 0 Å². The van der Waals surface area contributed by atoms with E-state index in [0.29, 0.717) is 4.45 Å². The van der Waals surface area contributed by atoms with E-state index in [2.05, 4.69) is 0 Å². The molecule has 0 N–H and O–H groups in total. The third-order valence-corrected chi connectivity index (χ3v) is 2.24. The minimum absolute atomic E-state index is 0.296. The number of para-hydroxylation sites is 2. The Morgan fingerprint density at radius 2 is 2.08 bits per heavy atom. The summed E-state index contributed by atoms with van der Waals surface area (Å²) >= 11 is 10.5. The Balaban J connectivity index is 3.05. The van der Waals surface area contributed by atoms with Crippen molar-refractivity contribution in [3.05, 3.63) is 24.3 Å².